The van der Waals surface area contributed by atoms with E-state index >= 15 is 0 Å². The molecular formula is C42H24N2OS. The molecule has 3 heterocycles. The Morgan fingerprint density at radius 2 is 1.17 bits per heavy atom. The van der Waals surface area contributed by atoms with Crippen LogP contribution in [0.5, 0.6) is 0 Å². The van der Waals surface area contributed by atoms with Crippen LogP contribution in [0.3, 0.4) is 0 Å². The maximum absolute atomic E-state index is 6.85. The third-order valence-electron chi connectivity index (χ3n) is 9.07. The van der Waals surface area contributed by atoms with Gasteiger partial charge in [0.15, 0.2) is 5.82 Å². The quantitative estimate of drug-likeness (QED) is 0.201. The summed E-state index contributed by atoms with van der Waals surface area (Å²) in [6.45, 7) is 0. The number of thiophene rings is 1. The van der Waals surface area contributed by atoms with E-state index in [0.717, 1.165) is 59.7 Å². The molecule has 0 aliphatic carbocycles. The average molecular weight is 605 g/mol. The van der Waals surface area contributed by atoms with Crippen molar-refractivity contribution in [1.82, 2.24) is 9.97 Å². The molecule has 0 saturated heterocycles. The van der Waals surface area contributed by atoms with Crippen molar-refractivity contribution in [3.05, 3.63) is 146 Å². The maximum Gasteiger partial charge on any atom is 0.164 e. The maximum atomic E-state index is 6.85. The monoisotopic (exact) mass is 604 g/mol. The van der Waals surface area contributed by atoms with Gasteiger partial charge in [0.1, 0.15) is 11.2 Å². The smallest absolute Gasteiger partial charge is 0.164 e. The number of benzene rings is 7. The predicted molar refractivity (Wildman–Crippen MR) is 194 cm³/mol. The number of rotatable bonds is 3. The number of nitrogens with zero attached hydrogens (tertiary/aromatic N) is 2. The highest BCUT2D eigenvalue weighted by atomic mass is 32.1. The van der Waals surface area contributed by atoms with Gasteiger partial charge in [-0.05, 0) is 51.6 Å². The lowest BCUT2D eigenvalue weighted by Gasteiger charge is -2.08. The molecule has 0 aliphatic rings. The zero-order valence-corrected chi connectivity index (χ0v) is 25.4. The van der Waals surface area contributed by atoms with Crippen molar-refractivity contribution in [3.8, 4) is 33.8 Å². The lowest BCUT2D eigenvalue weighted by atomic mass is 9.95. The second kappa shape index (κ2) is 9.83. The standard InChI is InChI=1S/C42H24N2OS/c1-2-12-26(13-3-1)34-24-35-31-18-10-19-33(39(31)45-40(35)30-16-7-6-15-29(30)34)42-43-37(28-22-21-25-11-4-5-14-27(25)23-28)41-38(44-42)32-17-8-9-20-36(32)46-41/h1-24H. The summed E-state index contributed by atoms with van der Waals surface area (Å²) in [6.07, 6.45) is 0. The molecule has 0 amide bonds. The van der Waals surface area contributed by atoms with Crippen molar-refractivity contribution >= 4 is 75.1 Å². The largest absolute Gasteiger partial charge is 0.455 e. The fourth-order valence-electron chi connectivity index (χ4n) is 6.90. The Hall–Kier alpha value is -5.84. The minimum Gasteiger partial charge on any atom is -0.455 e. The van der Waals surface area contributed by atoms with Crippen LogP contribution in [0, 0.1) is 0 Å². The molecule has 0 aliphatic heterocycles. The van der Waals surface area contributed by atoms with Crippen molar-refractivity contribution < 1.29 is 4.42 Å². The van der Waals surface area contributed by atoms with Crippen LogP contribution in [0.15, 0.2) is 150 Å². The van der Waals surface area contributed by atoms with E-state index in [-0.39, 0.29) is 0 Å². The van der Waals surface area contributed by atoms with E-state index in [1.54, 1.807) is 11.3 Å². The number of furan rings is 1. The summed E-state index contributed by atoms with van der Waals surface area (Å²) >= 11 is 1.75. The van der Waals surface area contributed by atoms with Gasteiger partial charge < -0.3 is 4.42 Å². The molecule has 3 aromatic heterocycles. The van der Waals surface area contributed by atoms with Gasteiger partial charge in [0.05, 0.1) is 21.5 Å². The van der Waals surface area contributed by atoms with E-state index in [4.69, 9.17) is 14.4 Å². The minimum absolute atomic E-state index is 0.663. The van der Waals surface area contributed by atoms with Gasteiger partial charge in [0, 0.05) is 31.8 Å². The molecule has 0 saturated carbocycles. The molecule has 7 aromatic carbocycles. The van der Waals surface area contributed by atoms with Gasteiger partial charge in [-0.15, -0.1) is 11.3 Å². The molecule has 46 heavy (non-hydrogen) atoms. The van der Waals surface area contributed by atoms with E-state index in [1.165, 1.54) is 32.0 Å². The highest BCUT2D eigenvalue weighted by Gasteiger charge is 2.21. The average Bonchev–Trinajstić information content (AvgIpc) is 3.70. The van der Waals surface area contributed by atoms with E-state index < -0.39 is 0 Å². The molecule has 10 rings (SSSR count). The van der Waals surface area contributed by atoms with Crippen LogP contribution in [0.1, 0.15) is 0 Å². The SMILES string of the molecule is c1ccc(-c2cc3c4cccc(-c5nc(-c6ccc7ccccc7c6)c6sc7ccccc7c6n5)c4oc3c3ccccc23)cc1. The second-order valence-electron chi connectivity index (χ2n) is 11.7. The normalized spacial score (nSPS) is 11.9. The Morgan fingerprint density at radius 1 is 0.457 bits per heavy atom. The summed E-state index contributed by atoms with van der Waals surface area (Å²) in [6, 6.07) is 51.3. The minimum atomic E-state index is 0.663. The zero-order chi connectivity index (χ0) is 30.2. The molecule has 0 spiro atoms. The Morgan fingerprint density at radius 3 is 2.07 bits per heavy atom. The van der Waals surface area contributed by atoms with Gasteiger partial charge >= 0.3 is 0 Å². The summed E-state index contributed by atoms with van der Waals surface area (Å²) in [5.41, 5.74) is 7.94. The highest BCUT2D eigenvalue weighted by molar-refractivity contribution is 7.26. The summed E-state index contributed by atoms with van der Waals surface area (Å²) in [4.78, 5) is 10.6. The number of para-hydroxylation sites is 1. The molecule has 0 N–H and O–H groups in total. The number of aromatic nitrogens is 2. The van der Waals surface area contributed by atoms with Crippen molar-refractivity contribution in [2.24, 2.45) is 0 Å². The van der Waals surface area contributed by atoms with Gasteiger partial charge in [-0.2, -0.15) is 0 Å². The molecular weight excluding hydrogens is 581 g/mol. The fraction of sp³-hybridized carbons (Fsp3) is 0. The predicted octanol–water partition coefficient (Wildman–Crippen LogP) is 12.1. The van der Waals surface area contributed by atoms with Crippen LogP contribution in [0.2, 0.25) is 0 Å². The van der Waals surface area contributed by atoms with Crippen LogP contribution in [-0.4, -0.2) is 9.97 Å². The molecule has 0 bridgehead atoms. The molecule has 0 unspecified atom stereocenters. The van der Waals surface area contributed by atoms with Gasteiger partial charge in [-0.1, -0.05) is 121 Å². The van der Waals surface area contributed by atoms with Crippen LogP contribution in [0.4, 0.5) is 0 Å². The first-order valence-electron chi connectivity index (χ1n) is 15.4. The van der Waals surface area contributed by atoms with E-state index in [1.807, 2.05) is 0 Å². The second-order valence-corrected chi connectivity index (χ2v) is 12.8. The number of hydrogen-bond donors (Lipinski definition) is 0. The molecule has 3 nitrogen and oxygen atoms in total. The Bertz CT molecular complexity index is 2810. The van der Waals surface area contributed by atoms with Crippen molar-refractivity contribution in [3.63, 3.8) is 0 Å². The number of fused-ring (bicyclic) bond motifs is 9. The fourth-order valence-corrected chi connectivity index (χ4v) is 8.05. The Balaban J connectivity index is 1.28. The first kappa shape index (κ1) is 25.5. The summed E-state index contributed by atoms with van der Waals surface area (Å²) in [5.74, 6) is 0.663. The van der Waals surface area contributed by atoms with E-state index in [9.17, 15) is 0 Å². The molecule has 214 valence electrons. The van der Waals surface area contributed by atoms with Crippen molar-refractivity contribution in [1.29, 1.82) is 0 Å². The Labute approximate surface area is 268 Å². The van der Waals surface area contributed by atoms with Crippen molar-refractivity contribution in [2.75, 3.05) is 0 Å². The molecule has 0 radical (unpaired) electrons. The van der Waals surface area contributed by atoms with Gasteiger partial charge in [-0.25, -0.2) is 9.97 Å². The Kier molecular flexibility index (Phi) is 5.45. The zero-order valence-electron chi connectivity index (χ0n) is 24.6. The third-order valence-corrected chi connectivity index (χ3v) is 10.2. The summed E-state index contributed by atoms with van der Waals surface area (Å²) in [7, 11) is 0. The van der Waals surface area contributed by atoms with E-state index in [2.05, 4.69) is 146 Å². The molecule has 0 fully saturated rings. The third kappa shape index (κ3) is 3.77. The lowest BCUT2D eigenvalue weighted by molar-refractivity contribution is 0.673. The van der Waals surface area contributed by atoms with Crippen molar-refractivity contribution in [2.45, 2.75) is 0 Å². The lowest BCUT2D eigenvalue weighted by Crippen LogP contribution is -1.94. The highest BCUT2D eigenvalue weighted by Crippen LogP contribution is 2.44. The van der Waals surface area contributed by atoms with Crippen LogP contribution in [-0.2, 0) is 0 Å². The van der Waals surface area contributed by atoms with Gasteiger partial charge in [0.2, 0.25) is 0 Å². The first-order chi connectivity index (χ1) is 22.8. The van der Waals surface area contributed by atoms with Gasteiger partial charge in [-0.3, -0.25) is 0 Å². The summed E-state index contributed by atoms with van der Waals surface area (Å²) < 4.78 is 9.14. The number of hydrogen-bond acceptors (Lipinski definition) is 4. The molecule has 4 heteroatoms. The van der Waals surface area contributed by atoms with E-state index in [0.29, 0.717) is 5.82 Å². The van der Waals surface area contributed by atoms with Gasteiger partial charge in [0.25, 0.3) is 0 Å². The van der Waals surface area contributed by atoms with Crippen LogP contribution in [0.25, 0.3) is 97.6 Å². The van der Waals surface area contributed by atoms with Crippen LogP contribution < -0.4 is 0 Å². The topological polar surface area (TPSA) is 38.9 Å². The molecule has 0 atom stereocenters. The summed E-state index contributed by atoms with van der Waals surface area (Å²) in [5, 5.41) is 7.95. The van der Waals surface area contributed by atoms with Crippen LogP contribution >= 0.6 is 11.3 Å². The first-order valence-corrected chi connectivity index (χ1v) is 16.2. The molecule has 10 aromatic rings.